The number of nitrogens with zero attached hydrogens (tertiary/aromatic N) is 5. The predicted molar refractivity (Wildman–Crippen MR) is 109 cm³/mol. The van der Waals surface area contributed by atoms with Gasteiger partial charge in [-0.2, -0.15) is 5.10 Å². The zero-order valence-corrected chi connectivity index (χ0v) is 17.8. The fraction of sp³-hybridized carbons (Fsp3) is 0.700. The molecular formula is C20H32ClN5O. The molecule has 0 bridgehead atoms. The highest BCUT2D eigenvalue weighted by Crippen LogP contribution is 2.31. The summed E-state index contributed by atoms with van der Waals surface area (Å²) in [5, 5.41) is 9.40. The smallest absolute Gasteiger partial charge is 0.134 e. The van der Waals surface area contributed by atoms with Gasteiger partial charge in [0.15, 0.2) is 0 Å². The molecule has 1 fully saturated rings. The zero-order chi connectivity index (χ0) is 19.4. The lowest BCUT2D eigenvalue weighted by molar-refractivity contribution is 0.224. The van der Waals surface area contributed by atoms with E-state index in [1.807, 2.05) is 20.0 Å². The van der Waals surface area contributed by atoms with Crippen molar-refractivity contribution in [1.82, 2.24) is 24.7 Å². The molecule has 0 radical (unpaired) electrons. The zero-order valence-electron chi connectivity index (χ0n) is 17.0. The lowest BCUT2D eigenvalue weighted by Gasteiger charge is -2.24. The van der Waals surface area contributed by atoms with E-state index in [9.17, 15) is 0 Å². The van der Waals surface area contributed by atoms with Crippen molar-refractivity contribution in [3.63, 3.8) is 0 Å². The maximum atomic E-state index is 6.56. The number of hydrogen-bond acceptors (Lipinski definition) is 5. The van der Waals surface area contributed by atoms with E-state index < -0.39 is 0 Å². The molecule has 0 amide bonds. The van der Waals surface area contributed by atoms with Crippen LogP contribution in [0, 0.1) is 12.8 Å². The quantitative estimate of drug-likeness (QED) is 0.644. The molecule has 150 valence electrons. The van der Waals surface area contributed by atoms with E-state index in [2.05, 4.69) is 33.9 Å². The molecule has 27 heavy (non-hydrogen) atoms. The Morgan fingerprint density at radius 1 is 1.30 bits per heavy atom. The summed E-state index contributed by atoms with van der Waals surface area (Å²) < 4.78 is 6.97. The van der Waals surface area contributed by atoms with Crippen LogP contribution in [-0.4, -0.2) is 57.5 Å². The highest BCUT2D eigenvalue weighted by atomic mass is 35.5. The Morgan fingerprint density at radius 2 is 2.04 bits per heavy atom. The van der Waals surface area contributed by atoms with Gasteiger partial charge >= 0.3 is 0 Å². The number of likely N-dealkylation sites (tertiary alicyclic amines) is 1. The van der Waals surface area contributed by atoms with E-state index in [0.717, 1.165) is 48.3 Å². The van der Waals surface area contributed by atoms with Crippen LogP contribution in [0.2, 0.25) is 5.15 Å². The van der Waals surface area contributed by atoms with Gasteiger partial charge in [0, 0.05) is 38.3 Å². The molecule has 0 N–H and O–H groups in total. The van der Waals surface area contributed by atoms with E-state index in [1.54, 1.807) is 4.68 Å². The Hall–Kier alpha value is -1.37. The van der Waals surface area contributed by atoms with Crippen LogP contribution in [0.3, 0.4) is 0 Å². The molecule has 2 aromatic heterocycles. The minimum atomic E-state index is 0.688. The molecule has 0 aromatic carbocycles. The van der Waals surface area contributed by atoms with Gasteiger partial charge < -0.3 is 9.42 Å². The second-order valence-electron chi connectivity index (χ2n) is 7.75. The summed E-state index contributed by atoms with van der Waals surface area (Å²) in [6, 6.07) is 1.92. The first-order valence-electron chi connectivity index (χ1n) is 10.1. The third-order valence-corrected chi connectivity index (χ3v) is 5.76. The van der Waals surface area contributed by atoms with E-state index in [-0.39, 0.29) is 0 Å². The molecule has 3 rings (SSSR count). The van der Waals surface area contributed by atoms with Gasteiger partial charge in [0.05, 0.1) is 0 Å². The highest BCUT2D eigenvalue weighted by Gasteiger charge is 2.27. The van der Waals surface area contributed by atoms with Gasteiger partial charge in [0.25, 0.3) is 0 Å². The second-order valence-corrected chi connectivity index (χ2v) is 8.11. The molecule has 6 nitrogen and oxygen atoms in total. The van der Waals surface area contributed by atoms with Crippen LogP contribution in [0.15, 0.2) is 10.6 Å². The van der Waals surface area contributed by atoms with E-state index in [1.165, 1.54) is 38.9 Å². The fourth-order valence-electron chi connectivity index (χ4n) is 4.09. The van der Waals surface area contributed by atoms with Gasteiger partial charge in [-0.25, -0.2) is 0 Å². The lowest BCUT2D eigenvalue weighted by Crippen LogP contribution is -2.32. The Labute approximate surface area is 167 Å². The Bertz CT molecular complexity index is 735. The molecule has 1 aliphatic heterocycles. The van der Waals surface area contributed by atoms with Crippen molar-refractivity contribution in [3.8, 4) is 11.4 Å². The van der Waals surface area contributed by atoms with Gasteiger partial charge in [0.2, 0.25) is 0 Å². The van der Waals surface area contributed by atoms with Crippen molar-refractivity contribution >= 4 is 11.6 Å². The third kappa shape index (κ3) is 4.92. The summed E-state index contributed by atoms with van der Waals surface area (Å²) in [6.45, 7) is 13.1. The largest absolute Gasteiger partial charge is 0.361 e. The van der Waals surface area contributed by atoms with Crippen molar-refractivity contribution in [2.75, 3.05) is 32.7 Å². The number of aromatic nitrogens is 3. The molecule has 0 spiro atoms. The van der Waals surface area contributed by atoms with Crippen LogP contribution >= 0.6 is 11.6 Å². The summed E-state index contributed by atoms with van der Waals surface area (Å²) in [7, 11) is 1.88. The number of rotatable bonds is 9. The lowest BCUT2D eigenvalue weighted by atomic mass is 10.1. The van der Waals surface area contributed by atoms with Crippen molar-refractivity contribution in [2.24, 2.45) is 13.0 Å². The maximum absolute atomic E-state index is 6.56. The number of hydrogen-bond donors (Lipinski definition) is 0. The van der Waals surface area contributed by atoms with Gasteiger partial charge in [-0.3, -0.25) is 9.58 Å². The van der Waals surface area contributed by atoms with Gasteiger partial charge in [-0.05, 0) is 51.7 Å². The number of aryl methyl sites for hydroxylation is 2. The van der Waals surface area contributed by atoms with Gasteiger partial charge in [-0.1, -0.05) is 30.6 Å². The SMILES string of the molecule is CCCN(CCC)CC1CCN(Cc2c(-c3cc(C)on3)nn(C)c2Cl)C1. The van der Waals surface area contributed by atoms with E-state index >= 15 is 0 Å². The molecule has 2 aromatic rings. The first-order valence-corrected chi connectivity index (χ1v) is 10.5. The monoisotopic (exact) mass is 393 g/mol. The van der Waals surface area contributed by atoms with Crippen LogP contribution in [0.5, 0.6) is 0 Å². The first kappa shape index (κ1) is 20.4. The summed E-state index contributed by atoms with van der Waals surface area (Å²) >= 11 is 6.56. The van der Waals surface area contributed by atoms with Crippen molar-refractivity contribution < 1.29 is 4.52 Å². The van der Waals surface area contributed by atoms with Crippen LogP contribution in [0.4, 0.5) is 0 Å². The minimum Gasteiger partial charge on any atom is -0.361 e. The summed E-state index contributed by atoms with van der Waals surface area (Å²) in [5.41, 5.74) is 2.64. The third-order valence-electron chi connectivity index (χ3n) is 5.29. The van der Waals surface area contributed by atoms with E-state index in [0.29, 0.717) is 5.15 Å². The van der Waals surface area contributed by atoms with Crippen molar-refractivity contribution in [2.45, 2.75) is 46.6 Å². The van der Waals surface area contributed by atoms with E-state index in [4.69, 9.17) is 16.1 Å². The molecule has 0 aliphatic carbocycles. The highest BCUT2D eigenvalue weighted by molar-refractivity contribution is 6.30. The standard InChI is InChI=1S/C20H32ClN5O/c1-5-8-25(9-6-2)12-16-7-10-26(13-16)14-17-19(22-24(4)20(17)21)18-11-15(3)27-23-18/h11,16H,5-10,12-14H2,1-4H3. The van der Waals surface area contributed by atoms with Crippen molar-refractivity contribution in [3.05, 3.63) is 22.5 Å². The molecule has 1 saturated heterocycles. The van der Waals surface area contributed by atoms with Crippen molar-refractivity contribution in [1.29, 1.82) is 0 Å². The Morgan fingerprint density at radius 3 is 2.67 bits per heavy atom. The van der Waals surface area contributed by atoms with Gasteiger partial charge in [-0.15, -0.1) is 0 Å². The summed E-state index contributed by atoms with van der Waals surface area (Å²) in [4.78, 5) is 5.12. The summed E-state index contributed by atoms with van der Waals surface area (Å²) in [6.07, 6.45) is 3.70. The van der Waals surface area contributed by atoms with Crippen LogP contribution < -0.4 is 0 Å². The summed E-state index contributed by atoms with van der Waals surface area (Å²) in [5.74, 6) is 1.52. The fourth-order valence-corrected chi connectivity index (χ4v) is 4.28. The molecule has 1 atom stereocenters. The predicted octanol–water partition coefficient (Wildman–Crippen LogP) is 3.98. The molecule has 7 heteroatoms. The Balaban J connectivity index is 1.66. The minimum absolute atomic E-state index is 0.688. The molecular weight excluding hydrogens is 362 g/mol. The Kier molecular flexibility index (Phi) is 6.95. The molecule has 1 unspecified atom stereocenters. The topological polar surface area (TPSA) is 50.3 Å². The molecule has 3 heterocycles. The van der Waals surface area contributed by atoms with Gasteiger partial charge in [0.1, 0.15) is 22.3 Å². The second kappa shape index (κ2) is 9.22. The molecule has 0 saturated carbocycles. The first-order chi connectivity index (χ1) is 13.0. The van der Waals surface area contributed by atoms with Crippen LogP contribution in [-0.2, 0) is 13.6 Å². The van der Waals surface area contributed by atoms with Crippen LogP contribution in [0.1, 0.15) is 44.4 Å². The molecule has 1 aliphatic rings. The van der Waals surface area contributed by atoms with Crippen LogP contribution in [0.25, 0.3) is 11.4 Å². The average molecular weight is 394 g/mol. The normalized spacial score (nSPS) is 18.1. The maximum Gasteiger partial charge on any atom is 0.134 e. The number of halogens is 1. The average Bonchev–Trinajstić information content (AvgIpc) is 3.32.